The van der Waals surface area contributed by atoms with Crippen LogP contribution in [0.2, 0.25) is 0 Å². The average molecular weight is 219 g/mol. The highest BCUT2D eigenvalue weighted by Crippen LogP contribution is 2.15. The topological polar surface area (TPSA) is 58.3 Å². The fourth-order valence-corrected chi connectivity index (χ4v) is 1.11. The van der Waals surface area contributed by atoms with Crippen molar-refractivity contribution in [1.82, 2.24) is 5.32 Å². The average Bonchev–Trinajstić information content (AvgIpc) is 1.97. The number of halogens is 1. The fourth-order valence-electron chi connectivity index (χ4n) is 0.868. The lowest BCUT2D eigenvalue weighted by Crippen LogP contribution is -2.51. The van der Waals surface area contributed by atoms with Crippen molar-refractivity contribution >= 4 is 15.9 Å². The van der Waals surface area contributed by atoms with Gasteiger partial charge in [-0.3, -0.25) is 0 Å². The van der Waals surface area contributed by atoms with E-state index in [0.717, 1.165) is 4.48 Å². The van der Waals surface area contributed by atoms with E-state index in [4.69, 9.17) is 10.8 Å². The van der Waals surface area contributed by atoms with E-state index in [0.29, 0.717) is 6.42 Å². The van der Waals surface area contributed by atoms with Gasteiger partial charge in [0, 0.05) is 23.7 Å². The highest BCUT2D eigenvalue weighted by molar-refractivity contribution is 9.11. The summed E-state index contributed by atoms with van der Waals surface area (Å²) in [6.45, 7) is 0.0826. The molecule has 1 atom stereocenters. The minimum Gasteiger partial charge on any atom is -0.396 e. The van der Waals surface area contributed by atoms with Gasteiger partial charge < -0.3 is 16.2 Å². The Morgan fingerprint density at radius 1 is 1.73 bits per heavy atom. The van der Waals surface area contributed by atoms with E-state index in [2.05, 4.69) is 21.2 Å². The van der Waals surface area contributed by atoms with Gasteiger partial charge in [-0.1, -0.05) is 0 Å². The monoisotopic (exact) mass is 218 g/mol. The van der Waals surface area contributed by atoms with Crippen LogP contribution in [0.3, 0.4) is 0 Å². The Morgan fingerprint density at radius 3 is 2.91 bits per heavy atom. The molecule has 0 bridgehead atoms. The van der Waals surface area contributed by atoms with Crippen molar-refractivity contribution in [3.05, 3.63) is 22.8 Å². The van der Waals surface area contributed by atoms with E-state index in [9.17, 15) is 0 Å². The molecule has 4 heteroatoms. The van der Waals surface area contributed by atoms with Crippen LogP contribution in [0, 0.1) is 0 Å². The molecule has 1 aliphatic heterocycles. The molecule has 0 amide bonds. The zero-order valence-corrected chi connectivity index (χ0v) is 7.63. The number of dihydropyridines is 1. The van der Waals surface area contributed by atoms with Crippen molar-refractivity contribution in [2.45, 2.75) is 12.1 Å². The van der Waals surface area contributed by atoms with Crippen LogP contribution in [0.1, 0.15) is 6.42 Å². The van der Waals surface area contributed by atoms with Crippen molar-refractivity contribution in [1.29, 1.82) is 0 Å². The van der Waals surface area contributed by atoms with Gasteiger partial charge in [0.2, 0.25) is 0 Å². The Labute approximate surface area is 74.1 Å². The summed E-state index contributed by atoms with van der Waals surface area (Å²) >= 11 is 3.28. The van der Waals surface area contributed by atoms with Gasteiger partial charge in [-0.05, 0) is 28.1 Å². The summed E-state index contributed by atoms with van der Waals surface area (Å²) in [6.07, 6.45) is 5.98. The third-order valence-electron chi connectivity index (χ3n) is 1.54. The summed E-state index contributed by atoms with van der Waals surface area (Å²) in [5.74, 6) is 0. The molecule has 1 rings (SSSR count). The lowest BCUT2D eigenvalue weighted by molar-refractivity contribution is 0.247. The fraction of sp³-hybridized carbons (Fsp3) is 0.429. The van der Waals surface area contributed by atoms with Gasteiger partial charge >= 0.3 is 0 Å². The Hall–Kier alpha value is -0.320. The van der Waals surface area contributed by atoms with Crippen LogP contribution < -0.4 is 11.1 Å². The Balaban J connectivity index is 2.58. The number of hydrogen-bond acceptors (Lipinski definition) is 3. The number of aliphatic hydroxyl groups is 1. The standard InChI is InChI=1S/C7H11BrN2O/c8-6-1-2-7(9,3-4-11)10-5-6/h1-2,5,10-11H,3-4,9H2. The van der Waals surface area contributed by atoms with Gasteiger partial charge in [-0.15, -0.1) is 0 Å². The van der Waals surface area contributed by atoms with Crippen LogP contribution in [0.4, 0.5) is 0 Å². The number of nitrogens with two attached hydrogens (primary N) is 1. The number of rotatable bonds is 2. The number of hydrogen-bond donors (Lipinski definition) is 3. The molecule has 4 N–H and O–H groups in total. The second-order valence-corrected chi connectivity index (χ2v) is 3.44. The van der Waals surface area contributed by atoms with Crippen LogP contribution >= 0.6 is 15.9 Å². The Morgan fingerprint density at radius 2 is 2.45 bits per heavy atom. The van der Waals surface area contributed by atoms with Gasteiger partial charge in [-0.2, -0.15) is 0 Å². The largest absolute Gasteiger partial charge is 0.396 e. The van der Waals surface area contributed by atoms with E-state index < -0.39 is 5.66 Å². The SMILES string of the molecule is NC1(CCO)C=CC(Br)=CN1. The third kappa shape index (κ3) is 2.32. The molecule has 1 aliphatic rings. The van der Waals surface area contributed by atoms with E-state index in [1.54, 1.807) is 6.20 Å². The molecule has 0 aliphatic carbocycles. The third-order valence-corrected chi connectivity index (χ3v) is 2.04. The molecule has 1 unspecified atom stereocenters. The first kappa shape index (κ1) is 8.77. The number of nitrogens with one attached hydrogen (secondary N) is 1. The lowest BCUT2D eigenvalue weighted by atomic mass is 10.1. The zero-order valence-electron chi connectivity index (χ0n) is 6.05. The number of aliphatic hydroxyl groups excluding tert-OH is 1. The first-order valence-electron chi connectivity index (χ1n) is 3.39. The van der Waals surface area contributed by atoms with E-state index in [-0.39, 0.29) is 6.61 Å². The van der Waals surface area contributed by atoms with Crippen molar-refractivity contribution < 1.29 is 5.11 Å². The predicted octanol–water partition coefficient (Wildman–Crippen LogP) is 0.420. The highest BCUT2D eigenvalue weighted by atomic mass is 79.9. The Bertz CT molecular complexity index is 203. The van der Waals surface area contributed by atoms with Gasteiger partial charge in [-0.25, -0.2) is 0 Å². The molecular weight excluding hydrogens is 208 g/mol. The van der Waals surface area contributed by atoms with Crippen LogP contribution in [0.25, 0.3) is 0 Å². The summed E-state index contributed by atoms with van der Waals surface area (Å²) < 4.78 is 0.955. The van der Waals surface area contributed by atoms with Gasteiger partial charge in [0.15, 0.2) is 0 Å². The van der Waals surface area contributed by atoms with E-state index in [1.807, 2.05) is 12.2 Å². The Kier molecular flexibility index (Phi) is 2.70. The van der Waals surface area contributed by atoms with Crippen LogP contribution in [0.5, 0.6) is 0 Å². The molecule has 11 heavy (non-hydrogen) atoms. The molecule has 3 nitrogen and oxygen atoms in total. The highest BCUT2D eigenvalue weighted by Gasteiger charge is 2.20. The summed E-state index contributed by atoms with van der Waals surface area (Å²) in [4.78, 5) is 0. The minimum atomic E-state index is -0.577. The molecule has 62 valence electrons. The van der Waals surface area contributed by atoms with Gasteiger partial charge in [0.05, 0.1) is 0 Å². The second kappa shape index (κ2) is 3.38. The van der Waals surface area contributed by atoms with Crippen molar-refractivity contribution in [3.63, 3.8) is 0 Å². The smallest absolute Gasteiger partial charge is 0.107 e. The summed E-state index contributed by atoms with van der Waals surface area (Å²) in [7, 11) is 0. The van der Waals surface area contributed by atoms with Crippen LogP contribution in [0.15, 0.2) is 22.8 Å². The summed E-state index contributed by atoms with van der Waals surface area (Å²) in [5, 5.41) is 11.6. The molecule has 0 spiro atoms. The molecule has 0 aromatic carbocycles. The molecule has 1 heterocycles. The quantitative estimate of drug-likeness (QED) is 0.630. The van der Waals surface area contributed by atoms with Crippen molar-refractivity contribution in [2.24, 2.45) is 5.73 Å². The molecule has 0 aromatic heterocycles. The molecule has 0 saturated carbocycles. The lowest BCUT2D eigenvalue weighted by Gasteiger charge is -2.28. The molecule has 0 fully saturated rings. The molecule has 0 saturated heterocycles. The maximum atomic E-state index is 8.66. The van der Waals surface area contributed by atoms with E-state index >= 15 is 0 Å². The van der Waals surface area contributed by atoms with Crippen LogP contribution in [-0.2, 0) is 0 Å². The van der Waals surface area contributed by atoms with Gasteiger partial charge in [0.25, 0.3) is 0 Å². The molecule has 0 radical (unpaired) electrons. The predicted molar refractivity (Wildman–Crippen MR) is 47.9 cm³/mol. The first-order chi connectivity index (χ1) is 5.16. The first-order valence-corrected chi connectivity index (χ1v) is 4.18. The molecule has 0 aromatic rings. The summed E-state index contributed by atoms with van der Waals surface area (Å²) in [6, 6.07) is 0. The summed E-state index contributed by atoms with van der Waals surface area (Å²) in [5.41, 5.74) is 5.23. The maximum Gasteiger partial charge on any atom is 0.107 e. The maximum absolute atomic E-state index is 8.66. The second-order valence-electron chi connectivity index (χ2n) is 2.52. The zero-order chi connectivity index (χ0) is 8.32. The van der Waals surface area contributed by atoms with Crippen LogP contribution in [-0.4, -0.2) is 17.4 Å². The van der Waals surface area contributed by atoms with Crippen molar-refractivity contribution in [2.75, 3.05) is 6.61 Å². The normalized spacial score (nSPS) is 29.5. The number of allylic oxidation sites excluding steroid dienone is 2. The minimum absolute atomic E-state index is 0.0826. The van der Waals surface area contributed by atoms with E-state index in [1.165, 1.54) is 0 Å². The molecular formula is C7H11BrN2O. The van der Waals surface area contributed by atoms with Crippen molar-refractivity contribution in [3.8, 4) is 0 Å². The van der Waals surface area contributed by atoms with Gasteiger partial charge in [0.1, 0.15) is 5.66 Å².